The summed E-state index contributed by atoms with van der Waals surface area (Å²) in [6, 6.07) is 29.1. The first-order valence-corrected chi connectivity index (χ1v) is 18.2. The van der Waals surface area contributed by atoms with Crippen molar-refractivity contribution in [1.29, 1.82) is 0 Å². The normalized spacial score (nSPS) is 13.8. The van der Waals surface area contributed by atoms with Crippen molar-refractivity contribution in [2.45, 2.75) is 26.5 Å². The van der Waals surface area contributed by atoms with Gasteiger partial charge in [-0.1, -0.05) is 65.7 Å². The Labute approximate surface area is 331 Å². The first kappa shape index (κ1) is 38.8. The Kier molecular flexibility index (Phi) is 13.2. The fourth-order valence-corrected chi connectivity index (χ4v) is 6.60. The van der Waals surface area contributed by atoms with Crippen molar-refractivity contribution in [2.24, 2.45) is 0 Å². The smallest absolute Gasteiger partial charge is 0.246 e. The molecule has 3 heterocycles. The number of carbonyl (C=O) groups is 1. The lowest BCUT2D eigenvalue weighted by Gasteiger charge is -2.34. The number of hydrogen-bond acceptors (Lipinski definition) is 8. The van der Waals surface area contributed by atoms with E-state index in [2.05, 4.69) is 34.1 Å². The van der Waals surface area contributed by atoms with Crippen molar-refractivity contribution in [2.75, 3.05) is 39.6 Å². The van der Waals surface area contributed by atoms with E-state index in [4.69, 9.17) is 46.9 Å². The number of aryl methyl sites for hydroxylation is 1. The molecule has 0 bridgehead atoms. The van der Waals surface area contributed by atoms with Gasteiger partial charge in [0.05, 0.1) is 17.8 Å². The molecule has 0 atom stereocenters. The van der Waals surface area contributed by atoms with E-state index in [1.807, 2.05) is 60.4 Å². The van der Waals surface area contributed by atoms with Gasteiger partial charge in [-0.3, -0.25) is 9.69 Å². The van der Waals surface area contributed by atoms with Crippen LogP contribution in [0.15, 0.2) is 103 Å². The number of benzene rings is 4. The SMILES string of the molecule is Cc1cc(/C=C/C(=O)N2CCN(Cc3ccc(CCOc4ccc5c(c4)OCO5)cc3)CC2)cc(Cl)c1Oc1ccc(OCc2ccccc2Cl)cn1.Cl. The van der Waals surface area contributed by atoms with Gasteiger partial charge >= 0.3 is 0 Å². The molecule has 0 aliphatic carbocycles. The lowest BCUT2D eigenvalue weighted by atomic mass is 10.1. The number of carbonyl (C=O) groups excluding carboxylic acids is 1. The summed E-state index contributed by atoms with van der Waals surface area (Å²) in [6.45, 7) is 6.87. The standard InChI is InChI=1S/C42H39Cl2N3O6.ClH/c1-29-22-32(23-37(44)42(29)53-40-14-12-35(25-45-40)50-27-33-4-2-3-5-36(33)43)10-15-41(48)47-19-17-46(18-20-47)26-31-8-6-30(7-9-31)16-21-49-34-11-13-38-39(24-34)52-28-51-38;/h2-15,22-25H,16-21,26-28H2,1H3;1H/b15-10+;. The van der Waals surface area contributed by atoms with Crippen molar-refractivity contribution in [3.8, 4) is 34.6 Å². The number of nitrogens with zero attached hydrogens (tertiary/aromatic N) is 3. The second kappa shape index (κ2) is 18.4. The number of aromatic nitrogens is 1. The molecule has 5 aromatic rings. The third-order valence-electron chi connectivity index (χ3n) is 9.05. The number of fused-ring (bicyclic) bond motifs is 1. The van der Waals surface area contributed by atoms with E-state index >= 15 is 0 Å². The van der Waals surface area contributed by atoms with Crippen molar-refractivity contribution in [3.05, 3.63) is 141 Å². The summed E-state index contributed by atoms with van der Waals surface area (Å²) in [6.07, 6.45) is 5.81. The third kappa shape index (κ3) is 10.2. The van der Waals surface area contributed by atoms with E-state index in [0.29, 0.717) is 53.7 Å². The molecule has 0 N–H and O–H groups in total. The molecule has 9 nitrogen and oxygen atoms in total. The minimum atomic E-state index is -0.0212. The minimum absolute atomic E-state index is 0. The Morgan fingerprint density at radius 1 is 0.833 bits per heavy atom. The van der Waals surface area contributed by atoms with Crippen LogP contribution in [-0.4, -0.2) is 60.3 Å². The summed E-state index contributed by atoms with van der Waals surface area (Å²) in [5.41, 5.74) is 4.99. The van der Waals surface area contributed by atoms with Crippen LogP contribution in [0.5, 0.6) is 34.6 Å². The number of amides is 1. The topological polar surface area (TPSA) is 82.6 Å². The van der Waals surface area contributed by atoms with E-state index in [-0.39, 0.29) is 25.1 Å². The maximum Gasteiger partial charge on any atom is 0.246 e. The van der Waals surface area contributed by atoms with Gasteiger partial charge in [-0.25, -0.2) is 4.98 Å². The highest BCUT2D eigenvalue weighted by molar-refractivity contribution is 6.32. The molecule has 4 aromatic carbocycles. The summed E-state index contributed by atoms with van der Waals surface area (Å²) >= 11 is 12.8. The molecule has 1 amide bonds. The Morgan fingerprint density at radius 3 is 2.35 bits per heavy atom. The maximum atomic E-state index is 13.1. The predicted molar refractivity (Wildman–Crippen MR) is 213 cm³/mol. The van der Waals surface area contributed by atoms with Crippen LogP contribution in [0.2, 0.25) is 10.0 Å². The third-order valence-corrected chi connectivity index (χ3v) is 9.70. The first-order chi connectivity index (χ1) is 25.9. The fraction of sp³-hybridized carbons (Fsp3) is 0.238. The molecule has 1 fully saturated rings. The van der Waals surface area contributed by atoms with E-state index in [1.54, 1.807) is 36.5 Å². The van der Waals surface area contributed by atoms with Crippen LogP contribution in [-0.2, 0) is 24.4 Å². The summed E-state index contributed by atoms with van der Waals surface area (Å²) in [5, 5.41) is 1.08. The van der Waals surface area contributed by atoms with Crippen molar-refractivity contribution in [3.63, 3.8) is 0 Å². The van der Waals surface area contributed by atoms with Crippen molar-refractivity contribution < 1.29 is 28.5 Å². The van der Waals surface area contributed by atoms with Crippen molar-refractivity contribution >= 4 is 47.6 Å². The molecule has 12 heteroatoms. The molecule has 0 saturated carbocycles. The highest BCUT2D eigenvalue weighted by atomic mass is 35.5. The minimum Gasteiger partial charge on any atom is -0.493 e. The molecule has 0 spiro atoms. The predicted octanol–water partition coefficient (Wildman–Crippen LogP) is 9.20. The number of ether oxygens (including phenoxy) is 5. The summed E-state index contributed by atoms with van der Waals surface area (Å²) in [5.74, 6) is 3.70. The summed E-state index contributed by atoms with van der Waals surface area (Å²) in [4.78, 5) is 21.7. The van der Waals surface area contributed by atoms with E-state index in [9.17, 15) is 4.79 Å². The fourth-order valence-electron chi connectivity index (χ4n) is 6.10. The second-order valence-corrected chi connectivity index (χ2v) is 13.6. The van der Waals surface area contributed by atoms with Gasteiger partial charge in [-0.15, -0.1) is 12.4 Å². The molecule has 0 unspecified atom stereocenters. The number of pyridine rings is 1. The van der Waals surface area contributed by atoms with Gasteiger partial charge in [0.2, 0.25) is 18.6 Å². The molecule has 2 aliphatic heterocycles. The second-order valence-electron chi connectivity index (χ2n) is 12.8. The van der Waals surface area contributed by atoms with Crippen LogP contribution < -0.4 is 23.7 Å². The maximum absolute atomic E-state index is 13.1. The van der Waals surface area contributed by atoms with Gasteiger partial charge in [0.15, 0.2) is 17.2 Å². The van der Waals surface area contributed by atoms with Crippen LogP contribution in [0.1, 0.15) is 27.8 Å². The average molecular weight is 789 g/mol. The molecule has 1 saturated heterocycles. The number of rotatable bonds is 13. The largest absolute Gasteiger partial charge is 0.493 e. The lowest BCUT2D eigenvalue weighted by Crippen LogP contribution is -2.47. The zero-order valence-corrected chi connectivity index (χ0v) is 32.0. The van der Waals surface area contributed by atoms with Gasteiger partial charge < -0.3 is 28.6 Å². The Hall–Kier alpha value is -4.93. The Morgan fingerprint density at radius 2 is 1.59 bits per heavy atom. The average Bonchev–Trinajstić information content (AvgIpc) is 3.65. The van der Waals surface area contributed by atoms with Crippen LogP contribution in [0.4, 0.5) is 0 Å². The Bertz CT molecular complexity index is 2050. The first-order valence-electron chi connectivity index (χ1n) is 17.5. The van der Waals surface area contributed by atoms with Gasteiger partial charge in [0.25, 0.3) is 0 Å². The summed E-state index contributed by atoms with van der Waals surface area (Å²) in [7, 11) is 0. The molecular weight excluding hydrogens is 749 g/mol. The molecule has 280 valence electrons. The summed E-state index contributed by atoms with van der Waals surface area (Å²) < 4.78 is 28.5. The van der Waals surface area contributed by atoms with E-state index in [0.717, 1.165) is 60.0 Å². The van der Waals surface area contributed by atoms with Crippen molar-refractivity contribution in [1.82, 2.24) is 14.8 Å². The Balaban J connectivity index is 0.00000497. The quantitative estimate of drug-likeness (QED) is 0.109. The van der Waals surface area contributed by atoms with E-state index in [1.165, 1.54) is 11.1 Å². The van der Waals surface area contributed by atoms with Gasteiger partial charge in [0, 0.05) is 67.9 Å². The van der Waals surface area contributed by atoms with E-state index < -0.39 is 0 Å². The zero-order valence-electron chi connectivity index (χ0n) is 29.7. The van der Waals surface area contributed by atoms with Gasteiger partial charge in [-0.2, -0.15) is 0 Å². The van der Waals surface area contributed by atoms with Gasteiger partial charge in [0.1, 0.15) is 18.1 Å². The highest BCUT2D eigenvalue weighted by Crippen LogP contribution is 2.36. The van der Waals surface area contributed by atoms with Crippen LogP contribution in [0, 0.1) is 6.92 Å². The van der Waals surface area contributed by atoms with Crippen LogP contribution in [0.3, 0.4) is 0 Å². The zero-order chi connectivity index (χ0) is 36.6. The molecular formula is C42H40Cl3N3O6. The highest BCUT2D eigenvalue weighted by Gasteiger charge is 2.20. The molecule has 7 rings (SSSR count). The molecule has 0 radical (unpaired) electrons. The molecule has 54 heavy (non-hydrogen) atoms. The molecule has 1 aromatic heterocycles. The van der Waals surface area contributed by atoms with Crippen LogP contribution >= 0.6 is 35.6 Å². The molecule has 2 aliphatic rings. The van der Waals surface area contributed by atoms with Crippen LogP contribution in [0.25, 0.3) is 6.08 Å². The van der Waals surface area contributed by atoms with Gasteiger partial charge in [-0.05, 0) is 71.7 Å². The number of hydrogen-bond donors (Lipinski definition) is 0. The monoisotopic (exact) mass is 787 g/mol. The number of halogens is 3. The number of piperazine rings is 1. The lowest BCUT2D eigenvalue weighted by molar-refractivity contribution is -0.127.